The van der Waals surface area contributed by atoms with Crippen molar-refractivity contribution in [2.45, 2.75) is 25.8 Å². The van der Waals surface area contributed by atoms with Crippen LogP contribution < -0.4 is 5.73 Å². The number of hydrogen-bond acceptors (Lipinski definition) is 1. The fourth-order valence-electron chi connectivity index (χ4n) is 2.08. The van der Waals surface area contributed by atoms with E-state index in [9.17, 15) is 4.39 Å². The second-order valence-electron chi connectivity index (χ2n) is 4.51. The molecule has 0 spiro atoms. The Morgan fingerprint density at radius 3 is 2.44 bits per heavy atom. The first-order chi connectivity index (χ1) is 8.70. The summed E-state index contributed by atoms with van der Waals surface area (Å²) in [5.41, 5.74) is 8.97. The third-order valence-electron chi connectivity index (χ3n) is 3.17. The van der Waals surface area contributed by atoms with E-state index in [2.05, 4.69) is 6.92 Å². The molecule has 0 bridgehead atoms. The molecule has 0 saturated carbocycles. The molecule has 0 aromatic heterocycles. The van der Waals surface area contributed by atoms with Gasteiger partial charge in [-0.1, -0.05) is 49.4 Å². The van der Waals surface area contributed by atoms with Crippen LogP contribution in [0.1, 0.15) is 29.7 Å². The molecule has 2 heteroatoms. The van der Waals surface area contributed by atoms with Crippen LogP contribution in [-0.2, 0) is 12.8 Å². The van der Waals surface area contributed by atoms with Crippen LogP contribution in [-0.4, -0.2) is 0 Å². The summed E-state index contributed by atoms with van der Waals surface area (Å²) in [4.78, 5) is 0. The Bertz CT molecular complexity index is 508. The van der Waals surface area contributed by atoms with Crippen molar-refractivity contribution < 1.29 is 4.39 Å². The molecular formula is C16H18FN. The minimum Gasteiger partial charge on any atom is -0.324 e. The van der Waals surface area contributed by atoms with Gasteiger partial charge in [0.2, 0.25) is 0 Å². The van der Waals surface area contributed by atoms with Gasteiger partial charge < -0.3 is 5.73 Å². The highest BCUT2D eigenvalue weighted by atomic mass is 19.1. The zero-order valence-corrected chi connectivity index (χ0v) is 10.6. The summed E-state index contributed by atoms with van der Waals surface area (Å²) in [7, 11) is 0. The van der Waals surface area contributed by atoms with E-state index in [1.54, 1.807) is 0 Å². The predicted octanol–water partition coefficient (Wildman–Crippen LogP) is 3.63. The van der Waals surface area contributed by atoms with Crippen LogP contribution in [0.3, 0.4) is 0 Å². The van der Waals surface area contributed by atoms with Gasteiger partial charge in [0.25, 0.3) is 0 Å². The van der Waals surface area contributed by atoms with E-state index in [-0.39, 0.29) is 11.9 Å². The van der Waals surface area contributed by atoms with Crippen molar-refractivity contribution in [1.82, 2.24) is 0 Å². The minimum atomic E-state index is -0.293. The van der Waals surface area contributed by atoms with Gasteiger partial charge >= 0.3 is 0 Å². The van der Waals surface area contributed by atoms with E-state index in [4.69, 9.17) is 5.73 Å². The van der Waals surface area contributed by atoms with Crippen LogP contribution in [0.2, 0.25) is 0 Å². The smallest absolute Gasteiger partial charge is 0.128 e. The van der Waals surface area contributed by atoms with Crippen LogP contribution in [0.4, 0.5) is 4.39 Å². The van der Waals surface area contributed by atoms with E-state index in [0.29, 0.717) is 12.0 Å². The molecule has 2 rings (SSSR count). The van der Waals surface area contributed by atoms with Gasteiger partial charge in [-0.3, -0.25) is 0 Å². The van der Waals surface area contributed by atoms with Gasteiger partial charge in [0.1, 0.15) is 5.82 Å². The molecule has 0 fully saturated rings. The maximum atomic E-state index is 13.8. The Labute approximate surface area is 107 Å². The van der Waals surface area contributed by atoms with Crippen molar-refractivity contribution in [3.8, 4) is 0 Å². The number of nitrogens with two attached hydrogens (primary N) is 1. The molecule has 1 nitrogen and oxygen atoms in total. The first-order valence-electron chi connectivity index (χ1n) is 6.28. The summed E-state index contributed by atoms with van der Waals surface area (Å²) in [5.74, 6) is -0.212. The summed E-state index contributed by atoms with van der Waals surface area (Å²) in [6.07, 6.45) is 1.55. The molecule has 0 amide bonds. The summed E-state index contributed by atoms with van der Waals surface area (Å²) >= 11 is 0. The van der Waals surface area contributed by atoms with Crippen LogP contribution in [0.5, 0.6) is 0 Å². The average Bonchev–Trinajstić information content (AvgIpc) is 2.40. The normalized spacial score (nSPS) is 12.4. The number of hydrogen-bond donors (Lipinski definition) is 1. The lowest BCUT2D eigenvalue weighted by molar-refractivity contribution is 0.579. The van der Waals surface area contributed by atoms with E-state index < -0.39 is 0 Å². The molecule has 1 unspecified atom stereocenters. The standard InChI is InChI=1S/C16H18FN/c1-2-12-8-9-15(17)14(10-12)16(18)11-13-6-4-3-5-7-13/h3-10,16H,2,11,18H2,1H3. The van der Waals surface area contributed by atoms with Gasteiger partial charge in [-0.2, -0.15) is 0 Å². The molecule has 0 radical (unpaired) electrons. The van der Waals surface area contributed by atoms with Gasteiger partial charge in [0.05, 0.1) is 0 Å². The number of benzene rings is 2. The van der Waals surface area contributed by atoms with Crippen LogP contribution in [0.15, 0.2) is 48.5 Å². The van der Waals surface area contributed by atoms with E-state index in [1.807, 2.05) is 42.5 Å². The van der Waals surface area contributed by atoms with Crippen molar-refractivity contribution >= 4 is 0 Å². The molecule has 0 aliphatic heterocycles. The second kappa shape index (κ2) is 5.78. The van der Waals surface area contributed by atoms with Crippen molar-refractivity contribution in [3.63, 3.8) is 0 Å². The summed E-state index contributed by atoms with van der Waals surface area (Å²) < 4.78 is 13.8. The third-order valence-corrected chi connectivity index (χ3v) is 3.17. The quantitative estimate of drug-likeness (QED) is 0.871. The number of halogens is 1. The molecule has 0 saturated heterocycles. The molecule has 0 aliphatic carbocycles. The Morgan fingerprint density at radius 1 is 1.06 bits per heavy atom. The van der Waals surface area contributed by atoms with Crippen molar-refractivity contribution in [2.75, 3.05) is 0 Å². The number of aryl methyl sites for hydroxylation is 1. The molecular weight excluding hydrogens is 225 g/mol. The summed E-state index contributed by atoms with van der Waals surface area (Å²) in [6.45, 7) is 2.06. The molecule has 94 valence electrons. The zero-order valence-electron chi connectivity index (χ0n) is 10.6. The maximum Gasteiger partial charge on any atom is 0.128 e. The topological polar surface area (TPSA) is 26.0 Å². The molecule has 2 aromatic rings. The second-order valence-corrected chi connectivity index (χ2v) is 4.51. The zero-order chi connectivity index (χ0) is 13.0. The molecule has 18 heavy (non-hydrogen) atoms. The van der Waals surface area contributed by atoms with E-state index in [0.717, 1.165) is 17.5 Å². The predicted molar refractivity (Wildman–Crippen MR) is 72.9 cm³/mol. The molecule has 2 aromatic carbocycles. The molecule has 1 atom stereocenters. The summed E-state index contributed by atoms with van der Waals surface area (Å²) in [6, 6.07) is 14.9. The van der Waals surface area contributed by atoms with E-state index >= 15 is 0 Å². The fraction of sp³-hybridized carbons (Fsp3) is 0.250. The lowest BCUT2D eigenvalue weighted by atomic mass is 9.97. The van der Waals surface area contributed by atoms with Gasteiger partial charge in [-0.15, -0.1) is 0 Å². The Hall–Kier alpha value is -1.67. The van der Waals surface area contributed by atoms with Crippen LogP contribution in [0.25, 0.3) is 0 Å². The van der Waals surface area contributed by atoms with Gasteiger partial charge in [-0.05, 0) is 30.0 Å². The average molecular weight is 243 g/mol. The van der Waals surface area contributed by atoms with Gasteiger partial charge in [-0.25, -0.2) is 4.39 Å². The Balaban J connectivity index is 2.20. The number of rotatable bonds is 4. The third kappa shape index (κ3) is 2.96. The van der Waals surface area contributed by atoms with Crippen molar-refractivity contribution in [2.24, 2.45) is 5.73 Å². The fourth-order valence-corrected chi connectivity index (χ4v) is 2.08. The lowest BCUT2D eigenvalue weighted by Gasteiger charge is -2.14. The van der Waals surface area contributed by atoms with Crippen molar-refractivity contribution in [1.29, 1.82) is 0 Å². The van der Waals surface area contributed by atoms with E-state index in [1.165, 1.54) is 6.07 Å². The highest BCUT2D eigenvalue weighted by Crippen LogP contribution is 2.20. The Morgan fingerprint density at radius 2 is 1.78 bits per heavy atom. The Kier molecular flexibility index (Phi) is 4.11. The van der Waals surface area contributed by atoms with Gasteiger partial charge in [0.15, 0.2) is 0 Å². The first-order valence-corrected chi connectivity index (χ1v) is 6.28. The van der Waals surface area contributed by atoms with Crippen LogP contribution in [0, 0.1) is 5.82 Å². The summed E-state index contributed by atoms with van der Waals surface area (Å²) in [5, 5.41) is 0. The first kappa shape index (κ1) is 12.8. The monoisotopic (exact) mass is 243 g/mol. The largest absolute Gasteiger partial charge is 0.324 e. The molecule has 0 heterocycles. The SMILES string of the molecule is CCc1ccc(F)c(C(N)Cc2ccccc2)c1. The highest BCUT2D eigenvalue weighted by molar-refractivity contribution is 5.29. The molecule has 0 aliphatic rings. The lowest BCUT2D eigenvalue weighted by Crippen LogP contribution is -2.15. The van der Waals surface area contributed by atoms with Crippen LogP contribution >= 0.6 is 0 Å². The van der Waals surface area contributed by atoms with Gasteiger partial charge in [0, 0.05) is 11.6 Å². The highest BCUT2D eigenvalue weighted by Gasteiger charge is 2.12. The minimum absolute atomic E-state index is 0.212. The maximum absolute atomic E-state index is 13.8. The molecule has 2 N–H and O–H groups in total. The van der Waals surface area contributed by atoms with Crippen molar-refractivity contribution in [3.05, 3.63) is 71.0 Å².